The number of halogens is 1. The van der Waals surface area contributed by atoms with Crippen LogP contribution in [0.4, 0.5) is 5.69 Å². The van der Waals surface area contributed by atoms with Gasteiger partial charge in [0.05, 0.1) is 28.5 Å². The van der Waals surface area contributed by atoms with E-state index >= 15 is 0 Å². The third-order valence-corrected chi connectivity index (χ3v) is 5.61. The minimum atomic E-state index is -0.443. The van der Waals surface area contributed by atoms with Crippen LogP contribution < -0.4 is 5.32 Å². The van der Waals surface area contributed by atoms with Gasteiger partial charge in [-0.25, -0.2) is 4.68 Å². The first-order valence-corrected chi connectivity index (χ1v) is 10.7. The number of aromatic nitrogens is 2. The molecule has 1 aromatic heterocycles. The van der Waals surface area contributed by atoms with Gasteiger partial charge in [0.25, 0.3) is 5.91 Å². The van der Waals surface area contributed by atoms with Crippen LogP contribution in [-0.2, 0) is 14.3 Å². The lowest BCUT2D eigenvalue weighted by molar-refractivity contribution is -0.144. The van der Waals surface area contributed by atoms with Gasteiger partial charge in [-0.1, -0.05) is 34.1 Å². The van der Waals surface area contributed by atoms with E-state index in [0.717, 1.165) is 20.7 Å². The van der Waals surface area contributed by atoms with Gasteiger partial charge in [-0.15, -0.1) is 11.8 Å². The van der Waals surface area contributed by atoms with Crippen molar-refractivity contribution in [2.45, 2.75) is 18.7 Å². The van der Waals surface area contributed by atoms with Crippen LogP contribution in [0.2, 0.25) is 0 Å². The molecular weight excluding hydrogens is 454 g/mol. The summed E-state index contributed by atoms with van der Waals surface area (Å²) in [6.45, 7) is 3.36. The van der Waals surface area contributed by atoms with Gasteiger partial charge in [0.15, 0.2) is 6.61 Å². The van der Waals surface area contributed by atoms with Crippen molar-refractivity contribution in [3.63, 3.8) is 0 Å². The minimum Gasteiger partial charge on any atom is -0.455 e. The van der Waals surface area contributed by atoms with Crippen molar-refractivity contribution in [2.75, 3.05) is 17.7 Å². The molecule has 1 N–H and O–H groups in total. The Morgan fingerprint density at radius 2 is 1.79 bits per heavy atom. The summed E-state index contributed by atoms with van der Waals surface area (Å²) in [5.41, 5.74) is 3.03. The SMILES string of the molecule is Cc1nn(-c2ccccc2)c(C)c1NC(=O)COC(=O)CSc1ccc(Br)cc1. The smallest absolute Gasteiger partial charge is 0.316 e. The molecule has 0 spiro atoms. The fourth-order valence-corrected chi connectivity index (χ4v) is 3.64. The second-order valence-corrected chi connectivity index (χ2v) is 8.21. The summed E-state index contributed by atoms with van der Waals surface area (Å²) in [7, 11) is 0. The summed E-state index contributed by atoms with van der Waals surface area (Å²) in [6.07, 6.45) is 0. The van der Waals surface area contributed by atoms with Crippen LogP contribution in [0.25, 0.3) is 5.69 Å². The number of hydrogen-bond acceptors (Lipinski definition) is 5. The van der Waals surface area contributed by atoms with Crippen LogP contribution in [0, 0.1) is 13.8 Å². The Kier molecular flexibility index (Phi) is 7.11. The number of para-hydroxylation sites is 1. The lowest BCUT2D eigenvalue weighted by atomic mass is 10.3. The van der Waals surface area contributed by atoms with Gasteiger partial charge in [-0.05, 0) is 50.2 Å². The van der Waals surface area contributed by atoms with Crippen molar-refractivity contribution in [3.05, 3.63) is 70.5 Å². The molecule has 1 amide bonds. The summed E-state index contributed by atoms with van der Waals surface area (Å²) in [5.74, 6) is -0.703. The van der Waals surface area contributed by atoms with Crippen molar-refractivity contribution in [3.8, 4) is 5.69 Å². The fourth-order valence-electron chi connectivity index (χ4n) is 2.68. The highest BCUT2D eigenvalue weighted by molar-refractivity contribution is 9.10. The lowest BCUT2D eigenvalue weighted by Gasteiger charge is -2.08. The molecule has 3 aromatic rings. The third-order valence-electron chi connectivity index (χ3n) is 4.09. The zero-order chi connectivity index (χ0) is 20.8. The zero-order valence-corrected chi connectivity index (χ0v) is 18.4. The topological polar surface area (TPSA) is 73.2 Å². The van der Waals surface area contributed by atoms with Gasteiger partial charge in [-0.2, -0.15) is 5.10 Å². The molecule has 3 rings (SSSR count). The predicted octanol–water partition coefficient (Wildman–Crippen LogP) is 4.53. The van der Waals surface area contributed by atoms with Crippen LogP contribution >= 0.6 is 27.7 Å². The van der Waals surface area contributed by atoms with Crippen molar-refractivity contribution >= 4 is 45.3 Å². The van der Waals surface area contributed by atoms with Crippen LogP contribution in [0.5, 0.6) is 0 Å². The first-order valence-electron chi connectivity index (χ1n) is 8.89. The molecule has 0 saturated carbocycles. The van der Waals surface area contributed by atoms with E-state index in [-0.39, 0.29) is 12.4 Å². The molecule has 0 saturated heterocycles. The molecule has 8 heteroatoms. The molecule has 0 aliphatic heterocycles. The molecule has 150 valence electrons. The molecule has 0 bridgehead atoms. The maximum absolute atomic E-state index is 12.2. The molecule has 0 fully saturated rings. The second-order valence-electron chi connectivity index (χ2n) is 6.24. The molecule has 0 radical (unpaired) electrons. The number of carbonyl (C=O) groups excluding carboxylic acids is 2. The van der Waals surface area contributed by atoms with E-state index in [9.17, 15) is 9.59 Å². The Hall–Kier alpha value is -2.58. The molecule has 2 aromatic carbocycles. The number of hydrogen-bond donors (Lipinski definition) is 1. The molecular formula is C21H20BrN3O3S. The number of nitrogens with one attached hydrogen (secondary N) is 1. The average Bonchev–Trinajstić information content (AvgIpc) is 3.00. The molecule has 6 nitrogen and oxygen atoms in total. The highest BCUT2D eigenvalue weighted by Crippen LogP contribution is 2.23. The quantitative estimate of drug-likeness (QED) is 0.403. The lowest BCUT2D eigenvalue weighted by Crippen LogP contribution is -2.22. The first-order chi connectivity index (χ1) is 13.9. The van der Waals surface area contributed by atoms with Crippen molar-refractivity contribution < 1.29 is 14.3 Å². The Morgan fingerprint density at radius 3 is 2.48 bits per heavy atom. The summed E-state index contributed by atoms with van der Waals surface area (Å²) >= 11 is 4.73. The monoisotopic (exact) mass is 473 g/mol. The molecule has 0 aliphatic rings. The number of thioether (sulfide) groups is 1. The Labute approximate surface area is 181 Å². The average molecular weight is 474 g/mol. The van der Waals surface area contributed by atoms with Crippen LogP contribution in [0.1, 0.15) is 11.4 Å². The number of rotatable bonds is 7. The number of ether oxygens (including phenoxy) is 1. The second kappa shape index (κ2) is 9.76. The number of amides is 1. The van der Waals surface area contributed by atoms with E-state index < -0.39 is 11.9 Å². The predicted molar refractivity (Wildman–Crippen MR) is 117 cm³/mol. The first kappa shape index (κ1) is 21.1. The van der Waals surface area contributed by atoms with Gasteiger partial charge < -0.3 is 10.1 Å². The van der Waals surface area contributed by atoms with E-state index in [0.29, 0.717) is 11.4 Å². The maximum atomic E-state index is 12.2. The van der Waals surface area contributed by atoms with E-state index in [2.05, 4.69) is 26.3 Å². The number of aryl methyl sites for hydroxylation is 1. The number of esters is 1. The van der Waals surface area contributed by atoms with E-state index in [1.807, 2.05) is 68.4 Å². The largest absolute Gasteiger partial charge is 0.455 e. The molecule has 1 heterocycles. The normalized spacial score (nSPS) is 10.6. The summed E-state index contributed by atoms with van der Waals surface area (Å²) < 4.78 is 7.83. The number of nitrogens with zero attached hydrogens (tertiary/aromatic N) is 2. The Balaban J connectivity index is 1.52. The maximum Gasteiger partial charge on any atom is 0.316 e. The molecule has 29 heavy (non-hydrogen) atoms. The van der Waals surface area contributed by atoms with Crippen LogP contribution in [0.3, 0.4) is 0 Å². The highest BCUT2D eigenvalue weighted by Gasteiger charge is 2.16. The molecule has 0 atom stereocenters. The Bertz CT molecular complexity index is 1000. The van der Waals surface area contributed by atoms with Gasteiger partial charge in [0.1, 0.15) is 0 Å². The van der Waals surface area contributed by atoms with Gasteiger partial charge in [-0.3, -0.25) is 9.59 Å². The Morgan fingerprint density at radius 1 is 1.10 bits per heavy atom. The number of carbonyl (C=O) groups is 2. The van der Waals surface area contributed by atoms with Crippen molar-refractivity contribution in [1.82, 2.24) is 9.78 Å². The molecule has 0 unspecified atom stereocenters. The van der Waals surface area contributed by atoms with Gasteiger partial charge >= 0.3 is 5.97 Å². The molecule has 0 aliphatic carbocycles. The van der Waals surface area contributed by atoms with Gasteiger partial charge in [0.2, 0.25) is 0 Å². The number of benzene rings is 2. The summed E-state index contributed by atoms with van der Waals surface area (Å²) in [5, 5.41) is 7.28. The summed E-state index contributed by atoms with van der Waals surface area (Å²) in [6, 6.07) is 17.3. The minimum absolute atomic E-state index is 0.138. The highest BCUT2D eigenvalue weighted by atomic mass is 79.9. The van der Waals surface area contributed by atoms with Gasteiger partial charge in [0, 0.05) is 9.37 Å². The van der Waals surface area contributed by atoms with Crippen LogP contribution in [-0.4, -0.2) is 34.0 Å². The fraction of sp³-hybridized carbons (Fsp3) is 0.190. The van der Waals surface area contributed by atoms with E-state index in [4.69, 9.17) is 4.74 Å². The standard InChI is InChI=1S/C21H20BrN3O3S/c1-14-21(15(2)25(24-14)17-6-4-3-5-7-17)23-19(26)12-28-20(27)13-29-18-10-8-16(22)9-11-18/h3-11H,12-13H2,1-2H3,(H,23,26). The number of anilines is 1. The van der Waals surface area contributed by atoms with Crippen LogP contribution in [0.15, 0.2) is 64.0 Å². The van der Waals surface area contributed by atoms with Crippen molar-refractivity contribution in [1.29, 1.82) is 0 Å². The zero-order valence-electron chi connectivity index (χ0n) is 16.0. The summed E-state index contributed by atoms with van der Waals surface area (Å²) in [4.78, 5) is 25.1. The van der Waals surface area contributed by atoms with E-state index in [1.54, 1.807) is 4.68 Å². The van der Waals surface area contributed by atoms with E-state index in [1.165, 1.54) is 11.8 Å². The third kappa shape index (κ3) is 5.71. The van der Waals surface area contributed by atoms with Crippen molar-refractivity contribution in [2.24, 2.45) is 0 Å².